The molecule has 2 aliphatic heterocycles. The van der Waals surface area contributed by atoms with E-state index in [2.05, 4.69) is 41.0 Å². The predicted octanol–water partition coefficient (Wildman–Crippen LogP) is 3.12. The minimum absolute atomic E-state index is 0.0535. The summed E-state index contributed by atoms with van der Waals surface area (Å²) < 4.78 is 13.4. The summed E-state index contributed by atoms with van der Waals surface area (Å²) in [6, 6.07) is 8.08. The molecule has 168 valence electrons. The van der Waals surface area contributed by atoms with Crippen LogP contribution in [-0.2, 0) is 11.8 Å². The molecule has 1 aliphatic carbocycles. The molecule has 4 heterocycles. The van der Waals surface area contributed by atoms with E-state index in [0.717, 1.165) is 48.3 Å². The average Bonchev–Trinajstić information content (AvgIpc) is 3.13. The highest BCUT2D eigenvalue weighted by Gasteiger charge is 2.50. The van der Waals surface area contributed by atoms with Gasteiger partial charge in [-0.2, -0.15) is 10.2 Å². The molecule has 8 nitrogen and oxygen atoms in total. The van der Waals surface area contributed by atoms with E-state index in [9.17, 15) is 4.79 Å². The van der Waals surface area contributed by atoms with Crippen LogP contribution in [0.3, 0.4) is 0 Å². The van der Waals surface area contributed by atoms with Crippen LogP contribution in [0.1, 0.15) is 33.6 Å². The van der Waals surface area contributed by atoms with Crippen LogP contribution in [0.25, 0.3) is 22.3 Å². The molecular weight excluding hydrogens is 406 g/mol. The molecule has 0 spiro atoms. The monoisotopic (exact) mass is 435 g/mol. The topological polar surface area (TPSA) is 85.3 Å². The first-order chi connectivity index (χ1) is 15.2. The van der Waals surface area contributed by atoms with Crippen molar-refractivity contribution in [3.63, 3.8) is 0 Å². The molecule has 3 aliphatic rings. The first kappa shape index (κ1) is 19.8. The molecule has 2 aromatic heterocycles. The van der Waals surface area contributed by atoms with E-state index >= 15 is 0 Å². The zero-order chi connectivity index (χ0) is 22.3. The molecule has 8 heteroatoms. The summed E-state index contributed by atoms with van der Waals surface area (Å²) in [6.45, 7) is 8.87. The molecule has 3 fully saturated rings. The van der Waals surface area contributed by atoms with Gasteiger partial charge < -0.3 is 14.4 Å². The average molecular weight is 436 g/mol. The molecule has 1 saturated carbocycles. The second kappa shape index (κ2) is 6.57. The normalized spacial score (nSPS) is 25.3. The number of nitrogens with one attached hydrogen (secondary N) is 1. The number of anilines is 1. The van der Waals surface area contributed by atoms with Crippen molar-refractivity contribution in [2.24, 2.45) is 18.4 Å². The van der Waals surface area contributed by atoms with E-state index in [0.29, 0.717) is 23.9 Å². The van der Waals surface area contributed by atoms with Crippen molar-refractivity contribution < 1.29 is 9.47 Å². The third-order valence-corrected chi connectivity index (χ3v) is 7.48. The van der Waals surface area contributed by atoms with E-state index in [1.807, 2.05) is 24.3 Å². The number of ether oxygens (including phenoxy) is 2. The van der Waals surface area contributed by atoms with E-state index in [-0.39, 0.29) is 22.6 Å². The zero-order valence-electron chi connectivity index (χ0n) is 19.0. The highest BCUT2D eigenvalue weighted by Crippen LogP contribution is 2.45. The Balaban J connectivity index is 1.44. The molecule has 2 atom stereocenters. The Labute approximate surface area is 186 Å². The minimum atomic E-state index is -0.0948. The Bertz CT molecular complexity index is 1270. The van der Waals surface area contributed by atoms with Crippen LogP contribution in [0.2, 0.25) is 0 Å². The molecule has 3 aromatic rings. The van der Waals surface area contributed by atoms with Gasteiger partial charge in [-0.25, -0.2) is 4.68 Å². The third kappa shape index (κ3) is 3.03. The number of rotatable bonds is 4. The van der Waals surface area contributed by atoms with Gasteiger partial charge in [-0.15, -0.1) is 0 Å². The van der Waals surface area contributed by atoms with Gasteiger partial charge in [-0.05, 0) is 49.4 Å². The molecule has 0 bridgehead atoms. The molecule has 2 saturated heterocycles. The number of H-pyrrole nitrogens is 1. The molecule has 1 N–H and O–H groups in total. The van der Waals surface area contributed by atoms with Crippen LogP contribution in [0.5, 0.6) is 5.75 Å². The van der Waals surface area contributed by atoms with Crippen LogP contribution < -0.4 is 15.2 Å². The quantitative estimate of drug-likeness (QED) is 0.678. The molecule has 32 heavy (non-hydrogen) atoms. The van der Waals surface area contributed by atoms with E-state index in [4.69, 9.17) is 9.47 Å². The summed E-state index contributed by atoms with van der Waals surface area (Å²) in [4.78, 5) is 15.4. The zero-order valence-corrected chi connectivity index (χ0v) is 19.0. The summed E-state index contributed by atoms with van der Waals surface area (Å²) in [5.74, 6) is 1.25. The lowest BCUT2D eigenvalue weighted by molar-refractivity contribution is 0.149. The fourth-order valence-corrected chi connectivity index (χ4v) is 5.26. The molecule has 6 rings (SSSR count). The Kier molecular flexibility index (Phi) is 4.06. The van der Waals surface area contributed by atoms with E-state index < -0.39 is 0 Å². The van der Waals surface area contributed by atoms with E-state index in [1.54, 1.807) is 7.05 Å². The van der Waals surface area contributed by atoms with Gasteiger partial charge in [0, 0.05) is 24.9 Å². The van der Waals surface area contributed by atoms with Crippen molar-refractivity contribution >= 4 is 16.6 Å². The summed E-state index contributed by atoms with van der Waals surface area (Å²) in [5, 5.41) is 13.1. The fraction of sp³-hybridized carbons (Fsp3) is 0.542. The van der Waals surface area contributed by atoms with Gasteiger partial charge >= 0.3 is 0 Å². The van der Waals surface area contributed by atoms with Crippen LogP contribution in [-0.4, -0.2) is 51.4 Å². The van der Waals surface area contributed by atoms with Gasteiger partial charge in [-0.1, -0.05) is 13.8 Å². The molecular formula is C24H29N5O3. The summed E-state index contributed by atoms with van der Waals surface area (Å²) in [6.07, 6.45) is 2.15. The van der Waals surface area contributed by atoms with Crippen molar-refractivity contribution in [3.05, 3.63) is 34.6 Å². The Hall–Kier alpha value is -2.87. The first-order valence-corrected chi connectivity index (χ1v) is 11.3. The van der Waals surface area contributed by atoms with E-state index in [1.165, 1.54) is 4.68 Å². The van der Waals surface area contributed by atoms with Crippen molar-refractivity contribution in [2.45, 2.75) is 45.3 Å². The highest BCUT2D eigenvalue weighted by molar-refractivity contribution is 5.93. The van der Waals surface area contributed by atoms with Crippen molar-refractivity contribution in [1.82, 2.24) is 20.0 Å². The minimum Gasteiger partial charge on any atom is -0.488 e. The maximum atomic E-state index is 13.1. The van der Waals surface area contributed by atoms with Crippen LogP contribution in [0, 0.1) is 11.3 Å². The number of fused-ring (bicyclic) bond motifs is 2. The lowest BCUT2D eigenvalue weighted by Crippen LogP contribution is -2.38. The largest absolute Gasteiger partial charge is 0.488 e. The molecule has 0 amide bonds. The van der Waals surface area contributed by atoms with Gasteiger partial charge in [0.05, 0.1) is 24.8 Å². The number of aryl methyl sites for hydroxylation is 1. The van der Waals surface area contributed by atoms with Gasteiger partial charge in [0.2, 0.25) is 0 Å². The summed E-state index contributed by atoms with van der Waals surface area (Å²) in [7, 11) is 1.70. The van der Waals surface area contributed by atoms with Crippen LogP contribution >= 0.6 is 0 Å². The summed E-state index contributed by atoms with van der Waals surface area (Å²) >= 11 is 0. The maximum Gasteiger partial charge on any atom is 0.290 e. The van der Waals surface area contributed by atoms with Crippen molar-refractivity contribution in [1.29, 1.82) is 0 Å². The lowest BCUT2D eigenvalue weighted by Gasteiger charge is -2.25. The first-order valence-electron chi connectivity index (χ1n) is 11.3. The molecule has 0 radical (unpaired) electrons. The van der Waals surface area contributed by atoms with Crippen molar-refractivity contribution in [2.75, 3.05) is 24.7 Å². The fourth-order valence-electron chi connectivity index (χ4n) is 5.26. The smallest absolute Gasteiger partial charge is 0.290 e. The second-order valence-corrected chi connectivity index (χ2v) is 10.5. The van der Waals surface area contributed by atoms with Gasteiger partial charge in [0.15, 0.2) is 0 Å². The number of nitrogens with zero attached hydrogens (tertiary/aromatic N) is 4. The predicted molar refractivity (Wildman–Crippen MR) is 122 cm³/mol. The second-order valence-electron chi connectivity index (χ2n) is 10.5. The Morgan fingerprint density at radius 3 is 2.78 bits per heavy atom. The number of aromatic amines is 1. The highest BCUT2D eigenvalue weighted by atomic mass is 16.5. The molecule has 2 unspecified atom stereocenters. The third-order valence-electron chi connectivity index (χ3n) is 7.48. The maximum absolute atomic E-state index is 13.1. The number of benzene rings is 1. The summed E-state index contributed by atoms with van der Waals surface area (Å²) in [5.41, 5.74) is 2.91. The van der Waals surface area contributed by atoms with Crippen molar-refractivity contribution in [3.8, 4) is 17.1 Å². The van der Waals surface area contributed by atoms with Crippen LogP contribution in [0.15, 0.2) is 29.1 Å². The molecule has 1 aromatic carbocycles. The number of hydrogen-bond donors (Lipinski definition) is 1. The SMILES string of the molecule is Cn1nc(-c2n[nH]c3ccc(OC4(C)CC4)cc23)cc(N2CC(C)(C)C3COCC32)c1=O. The van der Waals surface area contributed by atoms with Gasteiger partial charge in [0.25, 0.3) is 5.56 Å². The number of hydrogen-bond acceptors (Lipinski definition) is 6. The Morgan fingerprint density at radius 1 is 1.19 bits per heavy atom. The lowest BCUT2D eigenvalue weighted by atomic mass is 9.80. The Morgan fingerprint density at radius 2 is 2.00 bits per heavy atom. The van der Waals surface area contributed by atoms with Gasteiger partial charge in [-0.3, -0.25) is 9.89 Å². The standard InChI is InChI=1S/C24H29N5O3/c1-23(2)13-29(20-12-31-11-16(20)23)19-10-18(27-28(4)22(19)30)21-15-9-14(32-24(3)7-8-24)5-6-17(15)25-26-21/h5-6,9-10,16,20H,7-8,11-13H2,1-4H3,(H,25,26). The van der Waals surface area contributed by atoms with Crippen LogP contribution in [0.4, 0.5) is 5.69 Å². The van der Waals surface area contributed by atoms with Gasteiger partial charge in [0.1, 0.15) is 28.4 Å². The number of aromatic nitrogens is 4.